The molecule has 1 unspecified atom stereocenters. The molecule has 9 nitrogen and oxygen atoms in total. The van der Waals surface area contributed by atoms with E-state index in [2.05, 4.69) is 15.6 Å². The Balaban J connectivity index is 1.54. The van der Waals surface area contributed by atoms with Gasteiger partial charge in [-0.1, -0.05) is 29.5 Å². The van der Waals surface area contributed by atoms with Crippen molar-refractivity contribution in [3.63, 3.8) is 0 Å². The van der Waals surface area contributed by atoms with Gasteiger partial charge in [-0.05, 0) is 38.2 Å². The largest absolute Gasteiger partial charge is 0.324 e. The molecule has 1 aliphatic rings. The van der Waals surface area contributed by atoms with Crippen LogP contribution in [0.25, 0.3) is 10.9 Å². The SMILES string of the molecule is CC1CC(=O)Nc2ccccc2N1C(=O)CN(C)Cn1nnc2ccccc2c1=O. The van der Waals surface area contributed by atoms with E-state index in [1.165, 1.54) is 4.68 Å². The normalized spacial score (nSPS) is 16.3. The number of likely N-dealkylation sites (N-methyl/N-ethyl adjacent to an activating group) is 1. The van der Waals surface area contributed by atoms with Crippen molar-refractivity contribution in [2.24, 2.45) is 0 Å². The fraction of sp³-hybridized carbons (Fsp3) is 0.286. The van der Waals surface area contributed by atoms with Gasteiger partial charge in [-0.25, -0.2) is 0 Å². The maximum atomic E-state index is 13.2. The summed E-state index contributed by atoms with van der Waals surface area (Å²) in [7, 11) is 1.74. The summed E-state index contributed by atoms with van der Waals surface area (Å²) in [5.41, 5.74) is 1.55. The van der Waals surface area contributed by atoms with E-state index in [4.69, 9.17) is 0 Å². The summed E-state index contributed by atoms with van der Waals surface area (Å²) >= 11 is 0. The maximum absolute atomic E-state index is 13.2. The molecule has 0 fully saturated rings. The topological polar surface area (TPSA) is 100 Å². The quantitative estimate of drug-likeness (QED) is 0.704. The number of carbonyl (C=O) groups is 2. The lowest BCUT2D eigenvalue weighted by atomic mass is 10.1. The monoisotopic (exact) mass is 406 g/mol. The first-order valence-electron chi connectivity index (χ1n) is 9.66. The van der Waals surface area contributed by atoms with Gasteiger partial charge in [0.2, 0.25) is 11.8 Å². The number of amides is 2. The van der Waals surface area contributed by atoms with Crippen molar-refractivity contribution >= 4 is 34.1 Å². The Morgan fingerprint density at radius 2 is 1.90 bits per heavy atom. The van der Waals surface area contributed by atoms with Gasteiger partial charge in [0.05, 0.1) is 30.0 Å². The number of hydrogen-bond donors (Lipinski definition) is 1. The van der Waals surface area contributed by atoms with Crippen LogP contribution in [0.15, 0.2) is 53.3 Å². The van der Waals surface area contributed by atoms with E-state index < -0.39 is 0 Å². The molecule has 2 aromatic carbocycles. The molecule has 0 saturated heterocycles. The summed E-state index contributed by atoms with van der Waals surface area (Å²) < 4.78 is 1.24. The third-order valence-corrected chi connectivity index (χ3v) is 5.04. The summed E-state index contributed by atoms with van der Waals surface area (Å²) in [6.07, 6.45) is 0.208. The molecular formula is C21H22N6O3. The first kappa shape index (κ1) is 19.7. The van der Waals surface area contributed by atoms with E-state index in [1.54, 1.807) is 47.2 Å². The van der Waals surface area contributed by atoms with E-state index in [0.717, 1.165) is 0 Å². The van der Waals surface area contributed by atoms with E-state index >= 15 is 0 Å². The molecule has 30 heavy (non-hydrogen) atoms. The average molecular weight is 406 g/mol. The van der Waals surface area contributed by atoms with Crippen molar-refractivity contribution in [3.05, 3.63) is 58.9 Å². The zero-order valence-corrected chi connectivity index (χ0v) is 16.8. The van der Waals surface area contributed by atoms with Crippen LogP contribution in [0.5, 0.6) is 0 Å². The highest BCUT2D eigenvalue weighted by Gasteiger charge is 2.30. The van der Waals surface area contributed by atoms with Crippen LogP contribution in [-0.4, -0.2) is 51.3 Å². The van der Waals surface area contributed by atoms with Crippen molar-refractivity contribution in [3.8, 4) is 0 Å². The minimum Gasteiger partial charge on any atom is -0.324 e. The second-order valence-electron chi connectivity index (χ2n) is 7.45. The van der Waals surface area contributed by atoms with Crippen LogP contribution >= 0.6 is 0 Å². The summed E-state index contributed by atoms with van der Waals surface area (Å²) in [5.74, 6) is -0.299. The summed E-state index contributed by atoms with van der Waals surface area (Å²) in [4.78, 5) is 41.2. The summed E-state index contributed by atoms with van der Waals surface area (Å²) in [6.45, 7) is 2.01. The Morgan fingerprint density at radius 3 is 2.73 bits per heavy atom. The van der Waals surface area contributed by atoms with Gasteiger partial charge in [0.1, 0.15) is 5.52 Å². The molecule has 154 valence electrons. The number of carbonyl (C=O) groups excluding carboxylic acids is 2. The smallest absolute Gasteiger partial charge is 0.278 e. The highest BCUT2D eigenvalue weighted by molar-refractivity contribution is 6.04. The molecule has 0 aliphatic carbocycles. The third kappa shape index (κ3) is 3.79. The minimum atomic E-state index is -0.294. The number of rotatable bonds is 4. The van der Waals surface area contributed by atoms with Gasteiger partial charge in [0.15, 0.2) is 0 Å². The highest BCUT2D eigenvalue weighted by atomic mass is 16.2. The molecule has 2 amide bonds. The van der Waals surface area contributed by atoms with E-state index in [0.29, 0.717) is 22.3 Å². The molecule has 1 N–H and O–H groups in total. The Hall–Kier alpha value is -3.59. The summed E-state index contributed by atoms with van der Waals surface area (Å²) in [5, 5.41) is 11.4. The van der Waals surface area contributed by atoms with Crippen molar-refractivity contribution < 1.29 is 9.59 Å². The first-order chi connectivity index (χ1) is 14.4. The van der Waals surface area contributed by atoms with Gasteiger partial charge < -0.3 is 10.2 Å². The van der Waals surface area contributed by atoms with E-state index in [9.17, 15) is 14.4 Å². The van der Waals surface area contributed by atoms with Crippen molar-refractivity contribution in [1.82, 2.24) is 19.9 Å². The number of para-hydroxylation sites is 2. The van der Waals surface area contributed by atoms with Crippen LogP contribution in [0.4, 0.5) is 11.4 Å². The van der Waals surface area contributed by atoms with Crippen LogP contribution in [0.3, 0.4) is 0 Å². The minimum absolute atomic E-state index is 0.0494. The molecule has 1 atom stereocenters. The van der Waals surface area contributed by atoms with Crippen LogP contribution in [0, 0.1) is 0 Å². The number of anilines is 2. The van der Waals surface area contributed by atoms with Crippen molar-refractivity contribution in [2.75, 3.05) is 23.8 Å². The van der Waals surface area contributed by atoms with Crippen molar-refractivity contribution in [1.29, 1.82) is 0 Å². The van der Waals surface area contributed by atoms with Crippen LogP contribution in [-0.2, 0) is 16.3 Å². The lowest BCUT2D eigenvalue weighted by Gasteiger charge is -2.29. The predicted octanol–water partition coefficient (Wildman–Crippen LogP) is 1.44. The zero-order valence-electron chi connectivity index (χ0n) is 16.8. The Bertz CT molecular complexity index is 1170. The van der Waals surface area contributed by atoms with Crippen LogP contribution in [0.2, 0.25) is 0 Å². The van der Waals surface area contributed by atoms with Crippen LogP contribution in [0.1, 0.15) is 13.3 Å². The van der Waals surface area contributed by atoms with E-state index in [1.807, 2.05) is 25.1 Å². The van der Waals surface area contributed by atoms with Gasteiger partial charge in [-0.15, -0.1) is 5.10 Å². The Kier molecular flexibility index (Phi) is 5.28. The van der Waals surface area contributed by atoms with Gasteiger partial charge in [-0.2, -0.15) is 4.68 Å². The highest BCUT2D eigenvalue weighted by Crippen LogP contribution is 2.31. The maximum Gasteiger partial charge on any atom is 0.278 e. The lowest BCUT2D eigenvalue weighted by molar-refractivity contribution is -0.120. The second kappa shape index (κ2) is 8.03. The molecule has 0 saturated carbocycles. The number of nitrogens with zero attached hydrogens (tertiary/aromatic N) is 5. The molecular weight excluding hydrogens is 384 g/mol. The molecule has 1 aliphatic heterocycles. The predicted molar refractivity (Wildman–Crippen MR) is 113 cm³/mol. The summed E-state index contributed by atoms with van der Waals surface area (Å²) in [6, 6.07) is 13.9. The van der Waals surface area contributed by atoms with E-state index in [-0.39, 0.29) is 43.0 Å². The standard InChI is InChI=1S/C21H22N6O3/c1-14-11-19(28)22-17-9-5-6-10-18(17)27(14)20(29)12-25(2)13-26-21(30)15-7-3-4-8-16(15)23-24-26/h3-10,14H,11-13H2,1-2H3,(H,22,28). The van der Waals surface area contributed by atoms with Crippen molar-refractivity contribution in [2.45, 2.75) is 26.1 Å². The molecule has 0 bridgehead atoms. The van der Waals surface area contributed by atoms with Gasteiger partial charge in [-0.3, -0.25) is 19.3 Å². The number of hydrogen-bond acceptors (Lipinski definition) is 6. The first-order valence-corrected chi connectivity index (χ1v) is 9.66. The lowest BCUT2D eigenvalue weighted by Crippen LogP contribution is -2.45. The van der Waals surface area contributed by atoms with Gasteiger partial charge >= 0.3 is 0 Å². The second-order valence-corrected chi connectivity index (χ2v) is 7.45. The van der Waals surface area contributed by atoms with Gasteiger partial charge in [0.25, 0.3) is 5.56 Å². The fourth-order valence-electron chi connectivity index (χ4n) is 3.67. The average Bonchev–Trinajstić information content (AvgIpc) is 2.84. The number of fused-ring (bicyclic) bond motifs is 2. The number of nitrogens with one attached hydrogen (secondary N) is 1. The third-order valence-electron chi connectivity index (χ3n) is 5.04. The molecule has 2 heterocycles. The zero-order chi connectivity index (χ0) is 21.3. The number of benzene rings is 2. The molecule has 4 rings (SSSR count). The van der Waals surface area contributed by atoms with Crippen LogP contribution < -0.4 is 15.8 Å². The van der Waals surface area contributed by atoms with Gasteiger partial charge in [0, 0.05) is 12.5 Å². The molecule has 0 spiro atoms. The molecule has 3 aromatic rings. The molecule has 9 heteroatoms. The Morgan fingerprint density at radius 1 is 1.17 bits per heavy atom. The fourth-order valence-corrected chi connectivity index (χ4v) is 3.67. The molecule has 0 radical (unpaired) electrons. The Labute approximate surface area is 172 Å². The number of aromatic nitrogens is 3. The molecule has 1 aromatic heterocycles.